The highest BCUT2D eigenvalue weighted by molar-refractivity contribution is 5.91. The standard InChI is InChI=1S/C19H22N6O2/c1-11-17(12(2)27-23-11)15-10-14(21-13(3)22-15)16-6-5-8-25(16)19(26)18-20-7-9-24(18)4/h7,9-10,16H,5-6,8H2,1-4H3/t16-/m0/s1. The lowest BCUT2D eigenvalue weighted by Gasteiger charge is -2.24. The molecule has 0 bridgehead atoms. The van der Waals surface area contributed by atoms with Gasteiger partial charge in [-0.15, -0.1) is 0 Å². The third-order valence-electron chi connectivity index (χ3n) is 5.01. The first-order valence-corrected chi connectivity index (χ1v) is 9.03. The second-order valence-corrected chi connectivity index (χ2v) is 6.94. The number of aryl methyl sites for hydroxylation is 4. The summed E-state index contributed by atoms with van der Waals surface area (Å²) in [6.45, 7) is 6.33. The Kier molecular flexibility index (Phi) is 4.25. The number of rotatable bonds is 3. The molecule has 0 unspecified atom stereocenters. The Morgan fingerprint density at radius 2 is 2.07 bits per heavy atom. The minimum Gasteiger partial charge on any atom is -0.361 e. The van der Waals surface area contributed by atoms with E-state index in [-0.39, 0.29) is 11.9 Å². The maximum absolute atomic E-state index is 13.0. The monoisotopic (exact) mass is 366 g/mol. The zero-order chi connectivity index (χ0) is 19.1. The average molecular weight is 366 g/mol. The number of aromatic nitrogens is 5. The van der Waals surface area contributed by atoms with Crippen molar-refractivity contribution < 1.29 is 9.32 Å². The van der Waals surface area contributed by atoms with E-state index in [1.165, 1.54) is 0 Å². The van der Waals surface area contributed by atoms with Crippen LogP contribution in [0.3, 0.4) is 0 Å². The van der Waals surface area contributed by atoms with Crippen molar-refractivity contribution >= 4 is 5.91 Å². The van der Waals surface area contributed by atoms with Gasteiger partial charge in [0.25, 0.3) is 5.91 Å². The minimum absolute atomic E-state index is 0.0693. The van der Waals surface area contributed by atoms with Gasteiger partial charge in [0, 0.05) is 26.0 Å². The summed E-state index contributed by atoms with van der Waals surface area (Å²) < 4.78 is 7.04. The molecule has 0 saturated carbocycles. The second-order valence-electron chi connectivity index (χ2n) is 6.94. The van der Waals surface area contributed by atoms with Gasteiger partial charge in [-0.05, 0) is 39.7 Å². The van der Waals surface area contributed by atoms with Gasteiger partial charge in [0.2, 0.25) is 0 Å². The van der Waals surface area contributed by atoms with E-state index in [4.69, 9.17) is 4.52 Å². The van der Waals surface area contributed by atoms with Crippen LogP contribution in [0.2, 0.25) is 0 Å². The van der Waals surface area contributed by atoms with Crippen LogP contribution >= 0.6 is 0 Å². The number of carbonyl (C=O) groups excluding carboxylic acids is 1. The first-order chi connectivity index (χ1) is 13.0. The smallest absolute Gasteiger partial charge is 0.290 e. The van der Waals surface area contributed by atoms with E-state index in [1.807, 2.05) is 38.8 Å². The van der Waals surface area contributed by atoms with E-state index < -0.39 is 0 Å². The number of hydrogen-bond acceptors (Lipinski definition) is 6. The molecule has 0 aliphatic carbocycles. The summed E-state index contributed by atoms with van der Waals surface area (Å²) in [6, 6.07) is 1.86. The van der Waals surface area contributed by atoms with E-state index in [9.17, 15) is 4.79 Å². The molecule has 140 valence electrons. The van der Waals surface area contributed by atoms with Crippen LogP contribution in [0, 0.1) is 20.8 Å². The normalized spacial score (nSPS) is 16.9. The Bertz CT molecular complexity index is 986. The lowest BCUT2D eigenvalue weighted by Crippen LogP contribution is -2.33. The first-order valence-electron chi connectivity index (χ1n) is 9.03. The van der Waals surface area contributed by atoms with Crippen molar-refractivity contribution in [3.63, 3.8) is 0 Å². The summed E-state index contributed by atoms with van der Waals surface area (Å²) in [4.78, 5) is 28.3. The zero-order valence-electron chi connectivity index (χ0n) is 15.9. The number of carbonyl (C=O) groups is 1. The van der Waals surface area contributed by atoms with E-state index in [2.05, 4.69) is 20.1 Å². The molecule has 8 heteroatoms. The molecule has 4 heterocycles. The van der Waals surface area contributed by atoms with Crippen LogP contribution in [-0.4, -0.2) is 42.0 Å². The van der Waals surface area contributed by atoms with Gasteiger partial charge in [-0.25, -0.2) is 15.0 Å². The van der Waals surface area contributed by atoms with Crippen LogP contribution in [0.15, 0.2) is 23.0 Å². The van der Waals surface area contributed by atoms with Gasteiger partial charge in [-0.3, -0.25) is 4.79 Å². The number of amides is 1. The molecule has 3 aromatic rings. The summed E-state index contributed by atoms with van der Waals surface area (Å²) in [5, 5.41) is 4.03. The van der Waals surface area contributed by atoms with Crippen molar-refractivity contribution in [3.05, 3.63) is 47.3 Å². The van der Waals surface area contributed by atoms with Crippen LogP contribution < -0.4 is 0 Å². The van der Waals surface area contributed by atoms with E-state index in [0.29, 0.717) is 18.2 Å². The van der Waals surface area contributed by atoms with Gasteiger partial charge in [-0.2, -0.15) is 0 Å². The van der Waals surface area contributed by atoms with Crippen LogP contribution in [-0.2, 0) is 7.05 Å². The van der Waals surface area contributed by atoms with Gasteiger partial charge < -0.3 is 14.0 Å². The third-order valence-corrected chi connectivity index (χ3v) is 5.01. The molecular formula is C19H22N6O2. The molecule has 3 aromatic heterocycles. The summed E-state index contributed by atoms with van der Waals surface area (Å²) in [6.07, 6.45) is 5.23. The van der Waals surface area contributed by atoms with Crippen molar-refractivity contribution in [1.29, 1.82) is 0 Å². The molecule has 0 N–H and O–H groups in total. The molecule has 4 rings (SSSR count). The van der Waals surface area contributed by atoms with Crippen LogP contribution in [0.1, 0.15) is 52.5 Å². The van der Waals surface area contributed by atoms with E-state index in [1.54, 1.807) is 17.0 Å². The fourth-order valence-corrected chi connectivity index (χ4v) is 3.76. The molecule has 1 aliphatic rings. The van der Waals surface area contributed by atoms with Gasteiger partial charge in [0.15, 0.2) is 5.82 Å². The van der Waals surface area contributed by atoms with Crippen LogP contribution in [0.4, 0.5) is 0 Å². The average Bonchev–Trinajstić information content (AvgIpc) is 3.34. The topological polar surface area (TPSA) is 89.9 Å². The molecule has 27 heavy (non-hydrogen) atoms. The van der Waals surface area contributed by atoms with Gasteiger partial charge in [0.05, 0.1) is 28.7 Å². The van der Waals surface area contributed by atoms with E-state index in [0.717, 1.165) is 41.2 Å². The lowest BCUT2D eigenvalue weighted by atomic mass is 10.1. The number of likely N-dealkylation sites (tertiary alicyclic amines) is 1. The van der Waals surface area contributed by atoms with Crippen molar-refractivity contribution in [2.24, 2.45) is 7.05 Å². The molecule has 1 saturated heterocycles. The van der Waals surface area contributed by atoms with Gasteiger partial charge >= 0.3 is 0 Å². The highest BCUT2D eigenvalue weighted by Crippen LogP contribution is 2.34. The van der Waals surface area contributed by atoms with Crippen molar-refractivity contribution in [2.75, 3.05) is 6.54 Å². The summed E-state index contributed by atoms with van der Waals surface area (Å²) in [5.74, 6) is 1.77. The van der Waals surface area contributed by atoms with Crippen molar-refractivity contribution in [2.45, 2.75) is 39.7 Å². The van der Waals surface area contributed by atoms with Gasteiger partial charge in [0.1, 0.15) is 11.6 Å². The van der Waals surface area contributed by atoms with Crippen molar-refractivity contribution in [3.8, 4) is 11.3 Å². The molecule has 0 aromatic carbocycles. The Hall–Kier alpha value is -3.03. The zero-order valence-corrected chi connectivity index (χ0v) is 15.9. The Labute approximate surface area is 157 Å². The number of nitrogens with zero attached hydrogens (tertiary/aromatic N) is 6. The Morgan fingerprint density at radius 3 is 2.74 bits per heavy atom. The molecule has 1 fully saturated rings. The summed E-state index contributed by atoms with van der Waals surface area (Å²) in [7, 11) is 1.83. The van der Waals surface area contributed by atoms with Crippen molar-refractivity contribution in [1.82, 2.24) is 29.6 Å². The minimum atomic E-state index is -0.0878. The highest BCUT2D eigenvalue weighted by Gasteiger charge is 2.33. The maximum atomic E-state index is 13.0. The maximum Gasteiger partial charge on any atom is 0.290 e. The van der Waals surface area contributed by atoms with Crippen LogP contribution in [0.5, 0.6) is 0 Å². The number of hydrogen-bond donors (Lipinski definition) is 0. The SMILES string of the molecule is Cc1nc(-c2c(C)noc2C)cc([C@@H]2CCCN2C(=O)c2nccn2C)n1. The fourth-order valence-electron chi connectivity index (χ4n) is 3.76. The first kappa shape index (κ1) is 17.4. The lowest BCUT2D eigenvalue weighted by molar-refractivity contribution is 0.0716. The predicted octanol–water partition coefficient (Wildman–Crippen LogP) is 2.77. The Morgan fingerprint density at radius 1 is 1.26 bits per heavy atom. The summed E-state index contributed by atoms with van der Waals surface area (Å²) in [5.41, 5.74) is 3.31. The van der Waals surface area contributed by atoms with E-state index >= 15 is 0 Å². The largest absolute Gasteiger partial charge is 0.361 e. The molecule has 0 radical (unpaired) electrons. The van der Waals surface area contributed by atoms with Crippen LogP contribution in [0.25, 0.3) is 11.3 Å². The third kappa shape index (κ3) is 3.01. The summed E-state index contributed by atoms with van der Waals surface area (Å²) >= 11 is 0. The highest BCUT2D eigenvalue weighted by atomic mass is 16.5. The second kappa shape index (κ2) is 6.61. The fraction of sp³-hybridized carbons (Fsp3) is 0.421. The predicted molar refractivity (Wildman–Crippen MR) is 98.0 cm³/mol. The molecule has 1 atom stereocenters. The molecule has 1 amide bonds. The number of imidazole rings is 1. The Balaban J connectivity index is 1.72. The molecular weight excluding hydrogens is 344 g/mol. The molecule has 1 aliphatic heterocycles. The van der Waals surface area contributed by atoms with Gasteiger partial charge in [-0.1, -0.05) is 5.16 Å². The molecule has 0 spiro atoms. The quantitative estimate of drug-likeness (QED) is 0.708. The molecule has 8 nitrogen and oxygen atoms in total.